The largest absolute Gasteiger partial charge is 0.379 e. The number of aromatic nitrogens is 1. The van der Waals surface area contributed by atoms with E-state index in [2.05, 4.69) is 28.2 Å². The van der Waals surface area contributed by atoms with Crippen LogP contribution in [-0.2, 0) is 17.7 Å². The van der Waals surface area contributed by atoms with Crippen LogP contribution in [0.3, 0.4) is 0 Å². The van der Waals surface area contributed by atoms with E-state index >= 15 is 0 Å². The van der Waals surface area contributed by atoms with Crippen LogP contribution in [0, 0.1) is 0 Å². The van der Waals surface area contributed by atoms with Crippen LogP contribution in [0.4, 0.5) is 5.82 Å². The van der Waals surface area contributed by atoms with Gasteiger partial charge >= 0.3 is 0 Å². The van der Waals surface area contributed by atoms with E-state index in [0.29, 0.717) is 0 Å². The summed E-state index contributed by atoms with van der Waals surface area (Å²) in [7, 11) is 1.91. The first-order valence-electron chi connectivity index (χ1n) is 6.29. The summed E-state index contributed by atoms with van der Waals surface area (Å²) in [5, 5.41) is 3.10. The number of hydrogen-bond acceptors (Lipinski definition) is 4. The zero-order chi connectivity index (χ0) is 12.1. The molecule has 0 amide bonds. The van der Waals surface area contributed by atoms with Crippen LogP contribution < -0.4 is 5.32 Å². The van der Waals surface area contributed by atoms with Gasteiger partial charge in [0.25, 0.3) is 0 Å². The number of rotatable bonds is 4. The number of pyridine rings is 1. The zero-order valence-electron chi connectivity index (χ0n) is 10.7. The quantitative estimate of drug-likeness (QED) is 0.858. The Hall–Kier alpha value is -1.13. The molecule has 0 radical (unpaired) electrons. The molecule has 0 spiro atoms. The molecule has 0 unspecified atom stereocenters. The number of ether oxygens (including phenoxy) is 1. The predicted octanol–water partition coefficient (Wildman–Crippen LogP) is 1.52. The monoisotopic (exact) mass is 235 g/mol. The lowest BCUT2D eigenvalue weighted by atomic mass is 10.1. The number of nitrogens with one attached hydrogen (secondary N) is 1. The van der Waals surface area contributed by atoms with Gasteiger partial charge in [0.1, 0.15) is 5.82 Å². The van der Waals surface area contributed by atoms with Crippen molar-refractivity contribution in [3.05, 3.63) is 23.4 Å². The van der Waals surface area contributed by atoms with Gasteiger partial charge in [0.2, 0.25) is 0 Å². The molecule has 2 heterocycles. The number of aryl methyl sites for hydroxylation is 1. The standard InChI is InChI=1S/C13H21N3O/c1-3-11-9-15-13(14-2)8-12(11)10-16-4-6-17-7-5-16/h8-9H,3-7,10H2,1-2H3,(H,14,15). The van der Waals surface area contributed by atoms with Gasteiger partial charge in [0.05, 0.1) is 13.2 Å². The molecular formula is C13H21N3O. The van der Waals surface area contributed by atoms with E-state index in [1.807, 2.05) is 13.2 Å². The second kappa shape index (κ2) is 5.98. The maximum atomic E-state index is 5.37. The van der Waals surface area contributed by atoms with E-state index in [9.17, 15) is 0 Å². The first kappa shape index (κ1) is 12.3. The van der Waals surface area contributed by atoms with Gasteiger partial charge in [-0.2, -0.15) is 0 Å². The Morgan fingerprint density at radius 2 is 2.12 bits per heavy atom. The molecule has 1 fully saturated rings. The Kier molecular flexibility index (Phi) is 4.34. The normalized spacial score (nSPS) is 17.1. The van der Waals surface area contributed by atoms with Gasteiger partial charge in [-0.05, 0) is 23.6 Å². The summed E-state index contributed by atoms with van der Waals surface area (Å²) < 4.78 is 5.37. The van der Waals surface area contributed by atoms with Crippen molar-refractivity contribution in [1.29, 1.82) is 0 Å². The van der Waals surface area contributed by atoms with Crippen molar-refractivity contribution in [1.82, 2.24) is 9.88 Å². The smallest absolute Gasteiger partial charge is 0.125 e. The number of anilines is 1. The third-order valence-corrected chi connectivity index (χ3v) is 3.22. The molecule has 1 aromatic rings. The molecule has 0 aliphatic carbocycles. The molecule has 0 bridgehead atoms. The van der Waals surface area contributed by atoms with Crippen LogP contribution in [0.25, 0.3) is 0 Å². The molecule has 4 nitrogen and oxygen atoms in total. The molecule has 0 aromatic carbocycles. The second-order valence-corrected chi connectivity index (χ2v) is 4.33. The molecule has 1 aromatic heterocycles. The van der Waals surface area contributed by atoms with Crippen molar-refractivity contribution >= 4 is 5.82 Å². The molecule has 1 N–H and O–H groups in total. The highest BCUT2D eigenvalue weighted by Gasteiger charge is 2.13. The topological polar surface area (TPSA) is 37.4 Å². The molecule has 94 valence electrons. The van der Waals surface area contributed by atoms with Crippen molar-refractivity contribution in [2.24, 2.45) is 0 Å². The molecular weight excluding hydrogens is 214 g/mol. The maximum Gasteiger partial charge on any atom is 0.125 e. The van der Waals surface area contributed by atoms with Gasteiger partial charge in [0.15, 0.2) is 0 Å². The van der Waals surface area contributed by atoms with Gasteiger partial charge in [0, 0.05) is 32.9 Å². The van der Waals surface area contributed by atoms with Crippen molar-refractivity contribution in [2.75, 3.05) is 38.7 Å². The predicted molar refractivity (Wildman–Crippen MR) is 69.3 cm³/mol. The van der Waals surface area contributed by atoms with Crippen LogP contribution in [0.2, 0.25) is 0 Å². The molecule has 4 heteroatoms. The third kappa shape index (κ3) is 3.17. The summed E-state index contributed by atoms with van der Waals surface area (Å²) in [5.74, 6) is 0.949. The Balaban J connectivity index is 2.11. The van der Waals surface area contributed by atoms with E-state index in [1.165, 1.54) is 11.1 Å². The van der Waals surface area contributed by atoms with E-state index < -0.39 is 0 Å². The first-order chi connectivity index (χ1) is 8.33. The lowest BCUT2D eigenvalue weighted by Crippen LogP contribution is -2.35. The molecule has 1 saturated heterocycles. The highest BCUT2D eigenvalue weighted by atomic mass is 16.5. The van der Waals surface area contributed by atoms with Crippen molar-refractivity contribution < 1.29 is 4.74 Å². The summed E-state index contributed by atoms with van der Waals surface area (Å²) in [6.45, 7) is 6.94. The van der Waals surface area contributed by atoms with Crippen LogP contribution in [0.1, 0.15) is 18.1 Å². The van der Waals surface area contributed by atoms with E-state index in [-0.39, 0.29) is 0 Å². The maximum absolute atomic E-state index is 5.37. The van der Waals surface area contributed by atoms with Crippen LogP contribution in [0.15, 0.2) is 12.3 Å². The number of nitrogens with zero attached hydrogens (tertiary/aromatic N) is 2. The second-order valence-electron chi connectivity index (χ2n) is 4.33. The fourth-order valence-corrected chi connectivity index (χ4v) is 2.13. The number of hydrogen-bond donors (Lipinski definition) is 1. The summed E-state index contributed by atoms with van der Waals surface area (Å²) in [4.78, 5) is 6.81. The fourth-order valence-electron chi connectivity index (χ4n) is 2.13. The average molecular weight is 235 g/mol. The van der Waals surface area contributed by atoms with E-state index in [4.69, 9.17) is 4.74 Å². The molecule has 0 atom stereocenters. The van der Waals surface area contributed by atoms with E-state index in [0.717, 1.165) is 45.1 Å². The van der Waals surface area contributed by atoms with Crippen molar-refractivity contribution in [3.63, 3.8) is 0 Å². The minimum Gasteiger partial charge on any atom is -0.379 e. The third-order valence-electron chi connectivity index (χ3n) is 3.22. The minimum atomic E-state index is 0.853. The molecule has 1 aliphatic rings. The van der Waals surface area contributed by atoms with Gasteiger partial charge in [-0.15, -0.1) is 0 Å². The lowest BCUT2D eigenvalue weighted by molar-refractivity contribution is 0.0341. The summed E-state index contributed by atoms with van der Waals surface area (Å²) >= 11 is 0. The Morgan fingerprint density at radius 1 is 1.35 bits per heavy atom. The Labute approximate surface area is 103 Å². The SMILES string of the molecule is CCc1cnc(NC)cc1CN1CCOCC1. The molecule has 1 aliphatic heterocycles. The Morgan fingerprint density at radius 3 is 2.76 bits per heavy atom. The van der Waals surface area contributed by atoms with Crippen molar-refractivity contribution in [3.8, 4) is 0 Å². The lowest BCUT2D eigenvalue weighted by Gasteiger charge is -2.27. The van der Waals surface area contributed by atoms with Gasteiger partial charge in [-0.25, -0.2) is 4.98 Å². The Bertz CT molecular complexity index is 362. The van der Waals surface area contributed by atoms with Crippen LogP contribution in [0.5, 0.6) is 0 Å². The fraction of sp³-hybridized carbons (Fsp3) is 0.615. The van der Waals surface area contributed by atoms with Gasteiger partial charge in [-0.3, -0.25) is 4.90 Å². The highest BCUT2D eigenvalue weighted by Crippen LogP contribution is 2.16. The number of morpholine rings is 1. The summed E-state index contributed by atoms with van der Waals surface area (Å²) in [6, 6.07) is 2.16. The van der Waals surface area contributed by atoms with Crippen LogP contribution in [-0.4, -0.2) is 43.2 Å². The molecule has 0 saturated carbocycles. The zero-order valence-corrected chi connectivity index (χ0v) is 10.7. The summed E-state index contributed by atoms with van der Waals surface area (Å²) in [5.41, 5.74) is 2.73. The van der Waals surface area contributed by atoms with Crippen molar-refractivity contribution in [2.45, 2.75) is 19.9 Å². The molecule has 2 rings (SSSR count). The van der Waals surface area contributed by atoms with Gasteiger partial charge in [-0.1, -0.05) is 6.92 Å². The average Bonchev–Trinajstić information content (AvgIpc) is 2.40. The minimum absolute atomic E-state index is 0.853. The van der Waals surface area contributed by atoms with Crippen LogP contribution >= 0.6 is 0 Å². The van der Waals surface area contributed by atoms with Gasteiger partial charge < -0.3 is 10.1 Å². The summed E-state index contributed by atoms with van der Waals surface area (Å²) in [6.07, 6.45) is 3.03. The van der Waals surface area contributed by atoms with E-state index in [1.54, 1.807) is 0 Å². The first-order valence-corrected chi connectivity index (χ1v) is 6.29. The highest BCUT2D eigenvalue weighted by molar-refractivity contribution is 5.40. The molecule has 17 heavy (non-hydrogen) atoms.